The Morgan fingerprint density at radius 3 is 2.74 bits per heavy atom. The fraction of sp³-hybridized carbons (Fsp3) is 0. The topological polar surface area (TPSA) is 61.7 Å². The van der Waals surface area contributed by atoms with Gasteiger partial charge in [0.15, 0.2) is 0 Å². The second kappa shape index (κ2) is 5.77. The van der Waals surface area contributed by atoms with E-state index in [0.29, 0.717) is 5.56 Å². The highest BCUT2D eigenvalue weighted by Crippen LogP contribution is 2.14. The molecule has 2 aromatic carbocycles. The Balaban J connectivity index is 2.03. The number of hydrazone groups is 1. The number of nitrogens with zero attached hydrogens (tertiary/aromatic N) is 1. The Bertz CT molecular complexity index is 626. The number of halogens is 1. The monoisotopic (exact) mass is 258 g/mol. The fourth-order valence-corrected chi connectivity index (χ4v) is 1.48. The zero-order chi connectivity index (χ0) is 13.7. The van der Waals surface area contributed by atoms with Gasteiger partial charge in [0.1, 0.15) is 11.6 Å². The van der Waals surface area contributed by atoms with Crippen LogP contribution in [0.5, 0.6) is 5.75 Å². The molecule has 0 aliphatic carbocycles. The number of para-hydroxylation sites is 1. The van der Waals surface area contributed by atoms with Crippen molar-refractivity contribution >= 4 is 12.1 Å². The van der Waals surface area contributed by atoms with E-state index in [4.69, 9.17) is 0 Å². The molecule has 0 aromatic heterocycles. The maximum atomic E-state index is 12.9. The number of aromatic hydroxyl groups is 1. The van der Waals surface area contributed by atoms with Crippen LogP contribution in [-0.4, -0.2) is 17.2 Å². The Morgan fingerprint density at radius 2 is 2.00 bits per heavy atom. The molecule has 1 amide bonds. The van der Waals surface area contributed by atoms with Crippen molar-refractivity contribution in [3.8, 4) is 5.75 Å². The Morgan fingerprint density at radius 1 is 1.21 bits per heavy atom. The van der Waals surface area contributed by atoms with Gasteiger partial charge in [-0.25, -0.2) is 9.82 Å². The number of nitrogens with one attached hydrogen (secondary N) is 1. The predicted molar refractivity (Wildman–Crippen MR) is 69.6 cm³/mol. The molecule has 0 fully saturated rings. The van der Waals surface area contributed by atoms with Crippen LogP contribution in [0, 0.1) is 5.82 Å². The van der Waals surface area contributed by atoms with E-state index in [-0.39, 0.29) is 17.1 Å². The van der Waals surface area contributed by atoms with Gasteiger partial charge in [-0.15, -0.1) is 0 Å². The maximum absolute atomic E-state index is 12.9. The molecular formula is C14H11FN2O2. The van der Waals surface area contributed by atoms with Crippen molar-refractivity contribution in [2.45, 2.75) is 0 Å². The lowest BCUT2D eigenvalue weighted by molar-refractivity contribution is 0.0952. The van der Waals surface area contributed by atoms with Crippen LogP contribution in [0.1, 0.15) is 15.9 Å². The van der Waals surface area contributed by atoms with Gasteiger partial charge in [0.25, 0.3) is 5.91 Å². The van der Waals surface area contributed by atoms with Crippen molar-refractivity contribution in [1.82, 2.24) is 5.43 Å². The average Bonchev–Trinajstić information content (AvgIpc) is 2.39. The third-order valence-corrected chi connectivity index (χ3v) is 2.38. The highest BCUT2D eigenvalue weighted by molar-refractivity contribution is 5.97. The minimum absolute atomic E-state index is 0.124. The van der Waals surface area contributed by atoms with Gasteiger partial charge in [0.05, 0.1) is 11.8 Å². The number of phenolic OH excluding ortho intramolecular Hbond substituents is 1. The van der Waals surface area contributed by atoms with Gasteiger partial charge in [-0.3, -0.25) is 4.79 Å². The molecule has 2 aromatic rings. The molecule has 0 saturated carbocycles. The van der Waals surface area contributed by atoms with Gasteiger partial charge in [-0.05, 0) is 29.8 Å². The molecule has 0 unspecified atom stereocenters. The molecule has 0 bridgehead atoms. The van der Waals surface area contributed by atoms with E-state index >= 15 is 0 Å². The highest BCUT2D eigenvalue weighted by atomic mass is 19.1. The van der Waals surface area contributed by atoms with Crippen molar-refractivity contribution in [3.63, 3.8) is 0 Å². The molecule has 0 radical (unpaired) electrons. The molecule has 96 valence electrons. The number of phenols is 1. The van der Waals surface area contributed by atoms with Crippen LogP contribution < -0.4 is 5.43 Å². The second-order valence-corrected chi connectivity index (χ2v) is 3.77. The number of amides is 1. The van der Waals surface area contributed by atoms with Crippen molar-refractivity contribution in [3.05, 3.63) is 65.5 Å². The van der Waals surface area contributed by atoms with Gasteiger partial charge >= 0.3 is 0 Å². The second-order valence-electron chi connectivity index (χ2n) is 3.77. The molecule has 0 saturated heterocycles. The van der Waals surface area contributed by atoms with Gasteiger partial charge in [0, 0.05) is 0 Å². The minimum Gasteiger partial charge on any atom is -0.507 e. The summed E-state index contributed by atoms with van der Waals surface area (Å²) in [4.78, 5) is 11.7. The standard InChI is InChI=1S/C14H11FN2O2/c15-11-5-3-4-10(8-11)9-16-17-14(19)12-6-1-2-7-13(12)18/h1-9,18H,(H,17,19)/b16-9-. The summed E-state index contributed by atoms with van der Waals surface area (Å²) in [7, 11) is 0. The number of carbonyl (C=O) groups excluding carboxylic acids is 1. The zero-order valence-corrected chi connectivity index (χ0v) is 9.88. The molecule has 2 N–H and O–H groups in total. The number of rotatable bonds is 3. The van der Waals surface area contributed by atoms with Crippen molar-refractivity contribution < 1.29 is 14.3 Å². The van der Waals surface area contributed by atoms with Crippen LogP contribution in [0.3, 0.4) is 0 Å². The van der Waals surface area contributed by atoms with E-state index in [9.17, 15) is 14.3 Å². The summed E-state index contributed by atoms with van der Waals surface area (Å²) in [5, 5.41) is 13.2. The van der Waals surface area contributed by atoms with Crippen molar-refractivity contribution in [2.75, 3.05) is 0 Å². The van der Waals surface area contributed by atoms with Gasteiger partial charge in [-0.2, -0.15) is 5.10 Å². The smallest absolute Gasteiger partial charge is 0.275 e. The predicted octanol–water partition coefficient (Wildman–Crippen LogP) is 2.30. The average molecular weight is 258 g/mol. The first-order valence-electron chi connectivity index (χ1n) is 5.54. The summed E-state index contributed by atoms with van der Waals surface area (Å²) in [5.41, 5.74) is 2.91. The summed E-state index contributed by atoms with van der Waals surface area (Å²) in [6.07, 6.45) is 1.32. The van der Waals surface area contributed by atoms with Gasteiger partial charge in [-0.1, -0.05) is 24.3 Å². The number of hydrogen-bond donors (Lipinski definition) is 2. The molecule has 0 atom stereocenters. The summed E-state index contributed by atoms with van der Waals surface area (Å²) >= 11 is 0. The molecular weight excluding hydrogens is 247 g/mol. The molecule has 5 heteroatoms. The van der Waals surface area contributed by atoms with E-state index in [1.807, 2.05) is 0 Å². The summed E-state index contributed by atoms with van der Waals surface area (Å²) in [6.45, 7) is 0. The van der Waals surface area contributed by atoms with E-state index in [1.165, 1.54) is 30.5 Å². The van der Waals surface area contributed by atoms with Crippen LogP contribution in [0.4, 0.5) is 4.39 Å². The number of hydrogen-bond acceptors (Lipinski definition) is 3. The number of benzene rings is 2. The van der Waals surface area contributed by atoms with Gasteiger partial charge < -0.3 is 5.11 Å². The summed E-state index contributed by atoms with van der Waals surface area (Å²) in [5.74, 6) is -1.04. The Hall–Kier alpha value is -2.69. The van der Waals surface area contributed by atoms with E-state index in [1.54, 1.807) is 24.3 Å². The first-order valence-corrected chi connectivity index (χ1v) is 5.54. The normalized spacial score (nSPS) is 10.6. The molecule has 0 aliphatic rings. The molecule has 0 heterocycles. The lowest BCUT2D eigenvalue weighted by atomic mass is 10.2. The highest BCUT2D eigenvalue weighted by Gasteiger charge is 2.08. The van der Waals surface area contributed by atoms with Crippen LogP contribution >= 0.6 is 0 Å². The third kappa shape index (κ3) is 3.38. The zero-order valence-electron chi connectivity index (χ0n) is 9.88. The van der Waals surface area contributed by atoms with Crippen molar-refractivity contribution in [2.24, 2.45) is 5.10 Å². The van der Waals surface area contributed by atoms with Crippen LogP contribution in [0.25, 0.3) is 0 Å². The quantitative estimate of drug-likeness (QED) is 0.655. The molecule has 4 nitrogen and oxygen atoms in total. The Labute approximate surface area is 109 Å². The minimum atomic E-state index is -0.536. The first kappa shape index (κ1) is 12.8. The lowest BCUT2D eigenvalue weighted by Gasteiger charge is -2.01. The largest absolute Gasteiger partial charge is 0.507 e. The van der Waals surface area contributed by atoms with Crippen LogP contribution in [-0.2, 0) is 0 Å². The Kier molecular flexibility index (Phi) is 3.87. The van der Waals surface area contributed by atoms with E-state index in [0.717, 1.165) is 0 Å². The van der Waals surface area contributed by atoms with Crippen LogP contribution in [0.2, 0.25) is 0 Å². The summed E-state index contributed by atoms with van der Waals surface area (Å²) in [6, 6.07) is 11.9. The maximum Gasteiger partial charge on any atom is 0.275 e. The first-order chi connectivity index (χ1) is 9.16. The van der Waals surface area contributed by atoms with E-state index < -0.39 is 5.91 Å². The van der Waals surface area contributed by atoms with E-state index in [2.05, 4.69) is 10.5 Å². The molecule has 19 heavy (non-hydrogen) atoms. The SMILES string of the molecule is O=C(N/N=C\c1cccc(F)c1)c1ccccc1O. The van der Waals surface area contributed by atoms with Gasteiger partial charge in [0.2, 0.25) is 0 Å². The van der Waals surface area contributed by atoms with Crippen LogP contribution in [0.15, 0.2) is 53.6 Å². The molecule has 0 aliphatic heterocycles. The fourth-order valence-electron chi connectivity index (χ4n) is 1.48. The molecule has 0 spiro atoms. The molecule has 2 rings (SSSR count). The third-order valence-electron chi connectivity index (χ3n) is 2.38. The number of carbonyl (C=O) groups is 1. The summed E-state index contributed by atoms with van der Waals surface area (Å²) < 4.78 is 12.9. The lowest BCUT2D eigenvalue weighted by Crippen LogP contribution is -2.17. The van der Waals surface area contributed by atoms with Crippen molar-refractivity contribution in [1.29, 1.82) is 0 Å².